The molecule has 1 N–H and O–H groups in total. The van der Waals surface area contributed by atoms with Gasteiger partial charge >= 0.3 is 0 Å². The summed E-state index contributed by atoms with van der Waals surface area (Å²) < 4.78 is 5.29. The van der Waals surface area contributed by atoms with Crippen LogP contribution in [0.25, 0.3) is 6.08 Å². The molecule has 1 amide bonds. The van der Waals surface area contributed by atoms with Crippen LogP contribution >= 0.6 is 0 Å². The molecule has 0 unspecified atom stereocenters. The van der Waals surface area contributed by atoms with E-state index >= 15 is 0 Å². The fourth-order valence-electron chi connectivity index (χ4n) is 7.00. The average Bonchev–Trinajstić information content (AvgIpc) is 3.52. The van der Waals surface area contributed by atoms with E-state index in [0.29, 0.717) is 28.3 Å². The molecule has 4 aromatic carbocycles. The second kappa shape index (κ2) is 9.77. The Morgan fingerprint density at radius 2 is 1.65 bits per heavy atom. The Bertz CT molecular complexity index is 1870. The molecule has 0 aromatic heterocycles. The summed E-state index contributed by atoms with van der Waals surface area (Å²) in [5, 5.41) is 14.6. The number of hydrogen-bond acceptors (Lipinski definition) is 7. The van der Waals surface area contributed by atoms with Crippen LogP contribution in [-0.2, 0) is 10.2 Å². The first-order valence-electron chi connectivity index (χ1n) is 13.8. The molecule has 212 valence electrons. The van der Waals surface area contributed by atoms with E-state index in [9.17, 15) is 24.5 Å². The Morgan fingerprint density at radius 3 is 2.42 bits per heavy atom. The van der Waals surface area contributed by atoms with Crippen molar-refractivity contribution in [1.29, 1.82) is 0 Å². The van der Waals surface area contributed by atoms with Crippen molar-refractivity contribution in [3.63, 3.8) is 0 Å². The Hall–Kier alpha value is -5.57. The fraction of sp³-hybridized carbons (Fsp3) is 0.147. The number of benzene rings is 4. The van der Waals surface area contributed by atoms with Crippen LogP contribution in [0.2, 0.25) is 0 Å². The molecule has 3 aliphatic rings. The summed E-state index contributed by atoms with van der Waals surface area (Å²) in [6, 6.07) is 25.0. The maximum absolute atomic E-state index is 14.8. The first-order valence-corrected chi connectivity index (χ1v) is 13.8. The highest BCUT2D eigenvalue weighted by Gasteiger charge is 2.70. The van der Waals surface area contributed by atoms with Crippen LogP contribution in [0.4, 0.5) is 17.1 Å². The zero-order valence-electron chi connectivity index (χ0n) is 23.0. The summed E-state index contributed by atoms with van der Waals surface area (Å²) in [4.78, 5) is 56.8. The minimum Gasteiger partial charge on any atom is -0.497 e. The number of nitro groups is 1. The van der Waals surface area contributed by atoms with Crippen LogP contribution in [0.15, 0.2) is 103 Å². The number of carbonyl (C=O) groups is 3. The second-order valence-corrected chi connectivity index (χ2v) is 10.8. The number of rotatable bonds is 6. The van der Waals surface area contributed by atoms with Crippen LogP contribution in [0.5, 0.6) is 5.75 Å². The van der Waals surface area contributed by atoms with Gasteiger partial charge in [-0.2, -0.15) is 0 Å². The third-order valence-electron chi connectivity index (χ3n) is 8.81. The molecule has 4 atom stereocenters. The first kappa shape index (κ1) is 26.3. The van der Waals surface area contributed by atoms with E-state index in [4.69, 9.17) is 4.74 Å². The zero-order chi connectivity index (χ0) is 29.9. The summed E-state index contributed by atoms with van der Waals surface area (Å²) in [5.74, 6) is -1.88. The number of anilines is 2. The van der Waals surface area contributed by atoms with Crippen molar-refractivity contribution in [3.8, 4) is 5.75 Å². The van der Waals surface area contributed by atoms with Crippen molar-refractivity contribution in [2.75, 3.05) is 17.3 Å². The summed E-state index contributed by atoms with van der Waals surface area (Å²) in [6.07, 6.45) is 3.81. The van der Waals surface area contributed by atoms with Gasteiger partial charge in [-0.25, -0.2) is 0 Å². The van der Waals surface area contributed by atoms with E-state index in [-0.39, 0.29) is 17.2 Å². The molecule has 1 fully saturated rings. The number of ether oxygens (including phenoxy) is 1. The number of carbonyl (C=O) groups excluding carboxylic acids is 3. The van der Waals surface area contributed by atoms with Gasteiger partial charge in [0.2, 0.25) is 5.91 Å². The summed E-state index contributed by atoms with van der Waals surface area (Å²) in [7, 11) is 1.53. The second-order valence-electron chi connectivity index (χ2n) is 10.8. The molecule has 43 heavy (non-hydrogen) atoms. The fourth-order valence-corrected chi connectivity index (χ4v) is 7.00. The third-order valence-corrected chi connectivity index (χ3v) is 8.81. The SMILES string of the molecule is COc1ccc(C(=O)[C@@H]2[C@H](C(=O)c3cccc([N+](=O)[O-])c3)N3c4ccccc4C=C[C@@H]3[C@@]23C(=O)Nc2ccccc23)cc1. The number of non-ortho nitro benzene ring substituents is 1. The van der Waals surface area contributed by atoms with Gasteiger partial charge in [0.25, 0.3) is 5.69 Å². The van der Waals surface area contributed by atoms with Crippen LogP contribution < -0.4 is 15.0 Å². The maximum Gasteiger partial charge on any atom is 0.270 e. The average molecular weight is 572 g/mol. The van der Waals surface area contributed by atoms with E-state index < -0.39 is 39.9 Å². The van der Waals surface area contributed by atoms with Crippen LogP contribution in [0.3, 0.4) is 0 Å². The van der Waals surface area contributed by atoms with Gasteiger partial charge in [0.15, 0.2) is 11.6 Å². The Balaban J connectivity index is 1.52. The summed E-state index contributed by atoms with van der Waals surface area (Å²) >= 11 is 0. The van der Waals surface area contributed by atoms with E-state index in [1.165, 1.54) is 31.4 Å². The zero-order valence-corrected chi connectivity index (χ0v) is 23.0. The Labute approximate surface area is 246 Å². The van der Waals surface area contributed by atoms with Gasteiger partial charge < -0.3 is 15.0 Å². The standard InChI is InChI=1S/C34H25N3O6/c1-43-24-16-13-21(14-17-24)31(38)29-30(32(39)22-8-6-9-23(19-22)37(41)42)36-27-12-5-2-7-20(27)15-18-28(36)34(29)25-10-3-4-11-26(25)35-33(34)40/h2-19,28-30H,1H3,(H,35,40)/t28-,29+,30-,34-/m1/s1. The predicted octanol–water partition coefficient (Wildman–Crippen LogP) is 5.46. The smallest absolute Gasteiger partial charge is 0.270 e. The molecule has 3 aliphatic heterocycles. The quantitative estimate of drug-likeness (QED) is 0.185. The van der Waals surface area contributed by atoms with E-state index in [0.717, 1.165) is 5.56 Å². The van der Waals surface area contributed by atoms with Gasteiger partial charge in [-0.3, -0.25) is 24.5 Å². The number of amides is 1. The normalized spacial score (nSPS) is 22.9. The number of methoxy groups -OCH3 is 1. The number of hydrogen-bond donors (Lipinski definition) is 1. The van der Waals surface area contributed by atoms with Crippen LogP contribution in [0, 0.1) is 16.0 Å². The molecule has 3 heterocycles. The molecule has 1 spiro atoms. The Morgan fingerprint density at radius 1 is 0.907 bits per heavy atom. The number of nitrogens with one attached hydrogen (secondary N) is 1. The lowest BCUT2D eigenvalue weighted by Gasteiger charge is -2.37. The van der Waals surface area contributed by atoms with Gasteiger partial charge in [-0.1, -0.05) is 60.7 Å². The lowest BCUT2D eigenvalue weighted by Crippen LogP contribution is -2.51. The molecular formula is C34H25N3O6. The van der Waals surface area contributed by atoms with Gasteiger partial charge in [-0.15, -0.1) is 0 Å². The number of nitrogens with zero attached hydrogens (tertiary/aromatic N) is 2. The third kappa shape index (κ3) is 3.74. The maximum atomic E-state index is 14.8. The highest BCUT2D eigenvalue weighted by Crippen LogP contribution is 2.58. The lowest BCUT2D eigenvalue weighted by molar-refractivity contribution is -0.384. The highest BCUT2D eigenvalue weighted by molar-refractivity contribution is 6.18. The largest absolute Gasteiger partial charge is 0.497 e. The number of ketones is 2. The molecule has 1 saturated heterocycles. The molecular weight excluding hydrogens is 546 g/mol. The predicted molar refractivity (Wildman–Crippen MR) is 161 cm³/mol. The molecule has 0 bridgehead atoms. The van der Waals surface area contributed by atoms with Gasteiger partial charge in [0.1, 0.15) is 17.2 Å². The lowest BCUT2D eigenvalue weighted by atomic mass is 9.64. The first-order chi connectivity index (χ1) is 20.9. The van der Waals surface area contributed by atoms with Gasteiger partial charge in [-0.05, 0) is 47.5 Å². The molecule has 0 radical (unpaired) electrons. The minimum atomic E-state index is -1.47. The monoisotopic (exact) mass is 571 g/mol. The van der Waals surface area contributed by atoms with Gasteiger partial charge in [0.05, 0.1) is 24.0 Å². The minimum absolute atomic E-state index is 0.0845. The molecule has 0 aliphatic carbocycles. The number of fused-ring (bicyclic) bond motifs is 6. The number of nitro benzene ring substituents is 1. The van der Waals surface area contributed by atoms with Crippen molar-refractivity contribution in [3.05, 3.63) is 136 Å². The highest BCUT2D eigenvalue weighted by atomic mass is 16.6. The van der Waals surface area contributed by atoms with Crippen molar-refractivity contribution in [2.45, 2.75) is 17.5 Å². The van der Waals surface area contributed by atoms with Crippen LogP contribution in [-0.4, -0.2) is 41.6 Å². The number of para-hydroxylation sites is 2. The summed E-state index contributed by atoms with van der Waals surface area (Å²) in [6.45, 7) is 0. The van der Waals surface area contributed by atoms with Gasteiger partial charge in [0, 0.05) is 34.6 Å². The molecule has 4 aromatic rings. The Kier molecular flexibility index (Phi) is 5.98. The van der Waals surface area contributed by atoms with Crippen molar-refractivity contribution < 1.29 is 24.0 Å². The molecule has 7 rings (SSSR count). The molecule has 9 heteroatoms. The van der Waals surface area contributed by atoms with E-state index in [1.54, 1.807) is 30.3 Å². The topological polar surface area (TPSA) is 119 Å². The van der Waals surface area contributed by atoms with Crippen molar-refractivity contribution in [2.24, 2.45) is 5.92 Å². The molecule has 9 nitrogen and oxygen atoms in total. The summed E-state index contributed by atoms with van der Waals surface area (Å²) in [5.41, 5.74) is 1.42. The van der Waals surface area contributed by atoms with Crippen molar-refractivity contribution in [1.82, 2.24) is 0 Å². The van der Waals surface area contributed by atoms with E-state index in [1.807, 2.05) is 59.5 Å². The number of Topliss-reactive ketones (excluding diaryl/α,β-unsaturated/α-hetero) is 2. The van der Waals surface area contributed by atoms with Crippen LogP contribution in [0.1, 0.15) is 31.8 Å². The van der Waals surface area contributed by atoms with Crippen molar-refractivity contribution >= 4 is 40.6 Å². The van der Waals surface area contributed by atoms with E-state index in [2.05, 4.69) is 5.32 Å². The molecule has 0 saturated carbocycles.